The first kappa shape index (κ1) is 30.5. The lowest BCUT2D eigenvalue weighted by molar-refractivity contribution is -0.154. The zero-order chi connectivity index (χ0) is 31.5. The third-order valence-corrected chi connectivity index (χ3v) is 7.02. The van der Waals surface area contributed by atoms with Crippen molar-refractivity contribution < 1.29 is 22.7 Å². The van der Waals surface area contributed by atoms with Gasteiger partial charge in [0.2, 0.25) is 11.9 Å². The number of halogens is 4. The normalized spacial score (nSPS) is 13.7. The fraction of sp³-hybridized carbons (Fsp3) is 0.286. The Bertz CT molecular complexity index is 1720. The number of amides is 1. The van der Waals surface area contributed by atoms with Gasteiger partial charge in [0.1, 0.15) is 11.4 Å². The molecule has 1 saturated carbocycles. The van der Waals surface area contributed by atoms with Crippen LogP contribution in [0.15, 0.2) is 58.1 Å². The summed E-state index contributed by atoms with van der Waals surface area (Å²) in [5.74, 6) is -0.403. The van der Waals surface area contributed by atoms with E-state index in [-0.39, 0.29) is 29.2 Å². The molecule has 6 N–H and O–H groups in total. The quantitative estimate of drug-likeness (QED) is 0.108. The minimum Gasteiger partial charge on any atom is -0.454 e. The number of alkyl halides is 3. The van der Waals surface area contributed by atoms with Gasteiger partial charge in [-0.3, -0.25) is 14.4 Å². The second-order valence-corrected chi connectivity index (χ2v) is 10.5. The Hall–Kier alpha value is -4.92. The maximum Gasteiger partial charge on any atom is 0.422 e. The molecule has 1 aliphatic rings. The second-order valence-electron chi connectivity index (χ2n) is 10.1. The lowest BCUT2D eigenvalue weighted by Gasteiger charge is -2.19. The molecule has 44 heavy (non-hydrogen) atoms. The van der Waals surface area contributed by atoms with Crippen LogP contribution < -0.4 is 42.6 Å². The van der Waals surface area contributed by atoms with E-state index in [1.807, 2.05) is 12.1 Å². The van der Waals surface area contributed by atoms with Gasteiger partial charge in [0.05, 0.1) is 5.54 Å². The van der Waals surface area contributed by atoms with Gasteiger partial charge in [0.15, 0.2) is 6.61 Å². The summed E-state index contributed by atoms with van der Waals surface area (Å²) in [6, 6.07) is 12.9. The molecule has 5 rings (SSSR count). The number of benzene rings is 2. The molecule has 1 heterocycles. The summed E-state index contributed by atoms with van der Waals surface area (Å²) in [7, 11) is 0. The van der Waals surface area contributed by atoms with Crippen molar-refractivity contribution in [2.24, 2.45) is 0 Å². The fourth-order valence-electron chi connectivity index (χ4n) is 4.30. The molecule has 0 atom stereocenters. The Morgan fingerprint density at radius 1 is 0.955 bits per heavy atom. The van der Waals surface area contributed by atoms with Crippen LogP contribution in [-0.2, 0) is 5.54 Å². The van der Waals surface area contributed by atoms with Gasteiger partial charge >= 0.3 is 12.2 Å². The fourth-order valence-corrected chi connectivity index (χ4v) is 4.42. The molecule has 0 bridgehead atoms. The average Bonchev–Trinajstić information content (AvgIpc) is 3.77. The van der Waals surface area contributed by atoms with Crippen LogP contribution >= 0.6 is 11.6 Å². The molecule has 16 heteroatoms. The van der Waals surface area contributed by atoms with E-state index in [4.69, 9.17) is 22.1 Å². The first-order valence-corrected chi connectivity index (χ1v) is 13.8. The average molecular weight is 631 g/mol. The lowest BCUT2D eigenvalue weighted by atomic mass is 10.1. The highest BCUT2D eigenvalue weighted by molar-refractivity contribution is 6.30. The molecule has 0 unspecified atom stereocenters. The predicted molar refractivity (Wildman–Crippen MR) is 158 cm³/mol. The summed E-state index contributed by atoms with van der Waals surface area (Å²) in [4.78, 5) is 47.4. The molecular formula is C28H26ClF3N8O4. The van der Waals surface area contributed by atoms with Gasteiger partial charge in [-0.15, -0.1) is 0 Å². The summed E-state index contributed by atoms with van der Waals surface area (Å²) >= 11 is 6.00. The Morgan fingerprint density at radius 3 is 2.27 bits per heavy atom. The largest absolute Gasteiger partial charge is 0.454 e. The summed E-state index contributed by atoms with van der Waals surface area (Å²) < 4.78 is 43.3. The SMILES string of the molecule is Nc1c(NCCCNC(=O)c2ccc(Nc3nc(NC4(c5ccc(Cl)cc5)CC4)nc(OCC(F)(F)F)n3)cc2)c(=O)c1=O. The molecule has 0 spiro atoms. The summed E-state index contributed by atoms with van der Waals surface area (Å²) in [5.41, 5.74) is 5.32. The number of carbonyl (C=O) groups excluding carboxylic acids is 1. The van der Waals surface area contributed by atoms with Crippen LogP contribution in [0, 0.1) is 0 Å². The van der Waals surface area contributed by atoms with Crippen LogP contribution in [0.5, 0.6) is 6.01 Å². The molecule has 4 aromatic rings. The molecule has 0 aliphatic heterocycles. The molecule has 3 aromatic carbocycles. The first-order valence-electron chi connectivity index (χ1n) is 13.4. The van der Waals surface area contributed by atoms with Gasteiger partial charge < -0.3 is 31.7 Å². The van der Waals surface area contributed by atoms with E-state index in [2.05, 4.69) is 36.2 Å². The monoisotopic (exact) mass is 630 g/mol. The van der Waals surface area contributed by atoms with E-state index in [9.17, 15) is 27.6 Å². The highest BCUT2D eigenvalue weighted by Crippen LogP contribution is 2.48. The van der Waals surface area contributed by atoms with Gasteiger partial charge in [-0.1, -0.05) is 23.7 Å². The Kier molecular flexibility index (Phi) is 8.58. The zero-order valence-corrected chi connectivity index (χ0v) is 23.7. The number of anilines is 5. The van der Waals surface area contributed by atoms with Gasteiger partial charge in [-0.05, 0) is 61.2 Å². The van der Waals surface area contributed by atoms with E-state index >= 15 is 0 Å². The lowest BCUT2D eigenvalue weighted by Crippen LogP contribution is -2.37. The van der Waals surface area contributed by atoms with Crippen molar-refractivity contribution in [1.82, 2.24) is 20.3 Å². The third kappa shape index (κ3) is 7.34. The minimum absolute atomic E-state index is 0.0184. The molecule has 1 aliphatic carbocycles. The standard InChI is InChI=1S/C28H26ClF3N8O4/c29-17-6-4-16(5-7-17)27(10-11-27)40-25-37-24(38-26(39-25)44-14-28(30,31)32)36-18-8-2-15(3-9-18)23(43)35-13-1-12-34-20-19(33)21(41)22(20)42/h2-9,34H,1,10-14,33H2,(H,35,43)(H2,36,37,38,39,40). The highest BCUT2D eigenvalue weighted by atomic mass is 35.5. The molecule has 230 valence electrons. The number of hydrogen-bond donors (Lipinski definition) is 5. The molecule has 0 saturated heterocycles. The van der Waals surface area contributed by atoms with Gasteiger partial charge in [0.25, 0.3) is 16.8 Å². The predicted octanol–water partition coefficient (Wildman–Crippen LogP) is 3.72. The summed E-state index contributed by atoms with van der Waals surface area (Å²) in [5, 5.41) is 12.2. The molecule has 12 nitrogen and oxygen atoms in total. The summed E-state index contributed by atoms with van der Waals surface area (Å²) in [6.45, 7) is -0.960. The zero-order valence-electron chi connectivity index (χ0n) is 22.9. The number of nitrogens with one attached hydrogen (secondary N) is 4. The van der Waals surface area contributed by atoms with Crippen molar-refractivity contribution in [3.8, 4) is 6.01 Å². The van der Waals surface area contributed by atoms with Crippen LogP contribution in [0.1, 0.15) is 35.2 Å². The van der Waals surface area contributed by atoms with Crippen molar-refractivity contribution in [2.75, 3.05) is 41.4 Å². The molecule has 1 aromatic heterocycles. The number of ether oxygens (including phenoxy) is 1. The maximum atomic E-state index is 12.8. The van der Waals surface area contributed by atoms with E-state index < -0.39 is 35.2 Å². The number of aromatic nitrogens is 3. The molecule has 1 fully saturated rings. The molecular weight excluding hydrogens is 605 g/mol. The Labute approximate surface area is 252 Å². The van der Waals surface area contributed by atoms with E-state index in [0.29, 0.717) is 35.8 Å². The van der Waals surface area contributed by atoms with Crippen molar-refractivity contribution in [3.05, 3.63) is 85.1 Å². The second kappa shape index (κ2) is 12.4. The Balaban J connectivity index is 1.21. The van der Waals surface area contributed by atoms with Crippen LogP contribution in [-0.4, -0.2) is 46.7 Å². The number of rotatable bonds is 13. The molecule has 1 amide bonds. The smallest absolute Gasteiger partial charge is 0.422 e. The van der Waals surface area contributed by atoms with Crippen molar-refractivity contribution in [1.29, 1.82) is 0 Å². The maximum absolute atomic E-state index is 12.8. The summed E-state index contributed by atoms with van der Waals surface area (Å²) in [6.07, 6.45) is -2.63. The van der Waals surface area contributed by atoms with Crippen molar-refractivity contribution >= 4 is 46.5 Å². The number of carbonyl (C=O) groups is 1. The van der Waals surface area contributed by atoms with E-state index in [1.54, 1.807) is 36.4 Å². The highest BCUT2D eigenvalue weighted by Gasteiger charge is 2.45. The Morgan fingerprint density at radius 2 is 1.64 bits per heavy atom. The number of nitrogens with two attached hydrogens (primary N) is 1. The number of nitrogen functional groups attached to an aromatic ring is 1. The van der Waals surface area contributed by atoms with Gasteiger partial charge in [-0.2, -0.15) is 28.1 Å². The minimum atomic E-state index is -4.59. The topological polar surface area (TPSA) is 173 Å². The molecule has 0 radical (unpaired) electrons. The van der Waals surface area contributed by atoms with Gasteiger partial charge in [-0.25, -0.2) is 0 Å². The van der Waals surface area contributed by atoms with Crippen molar-refractivity contribution in [3.63, 3.8) is 0 Å². The van der Waals surface area contributed by atoms with Crippen LogP contribution in [0.3, 0.4) is 0 Å². The first-order chi connectivity index (χ1) is 20.9. The van der Waals surface area contributed by atoms with E-state index in [0.717, 1.165) is 18.4 Å². The van der Waals surface area contributed by atoms with Crippen LogP contribution in [0.4, 0.5) is 42.1 Å². The number of nitrogens with zero attached hydrogens (tertiary/aromatic N) is 3. The van der Waals surface area contributed by atoms with Gasteiger partial charge in [0, 0.05) is 29.4 Å². The van der Waals surface area contributed by atoms with E-state index in [1.165, 1.54) is 0 Å². The number of hydrogen-bond acceptors (Lipinski definition) is 11. The van der Waals surface area contributed by atoms with Crippen molar-refractivity contribution in [2.45, 2.75) is 31.0 Å². The third-order valence-electron chi connectivity index (χ3n) is 6.77. The van der Waals surface area contributed by atoms with Crippen LogP contribution in [0.2, 0.25) is 5.02 Å². The van der Waals surface area contributed by atoms with Crippen LogP contribution in [0.25, 0.3) is 0 Å².